The fourth-order valence-electron chi connectivity index (χ4n) is 2.68. The first kappa shape index (κ1) is 15.4. The maximum atomic E-state index is 10.2. The predicted octanol–water partition coefficient (Wildman–Crippen LogP) is 4.47. The number of halogens is 3. The third kappa shape index (κ3) is 2.74. The van der Waals surface area contributed by atoms with E-state index >= 15 is 0 Å². The van der Waals surface area contributed by atoms with E-state index < -0.39 is 6.10 Å². The standard InChI is InChI=1S/C14H18Cl3NO/c1-3-18(4-2)7-9-11-8(5-6-10(11)19)12(15)14(17)13(9)16/h10,19H,3-7H2,1-2H3. The van der Waals surface area contributed by atoms with E-state index in [0.29, 0.717) is 28.0 Å². The second-order valence-electron chi connectivity index (χ2n) is 4.83. The second kappa shape index (κ2) is 6.19. The lowest BCUT2D eigenvalue weighted by molar-refractivity contribution is 0.177. The van der Waals surface area contributed by atoms with Crippen LogP contribution in [0.15, 0.2) is 0 Å². The molecule has 106 valence electrons. The molecule has 0 fully saturated rings. The highest BCUT2D eigenvalue weighted by molar-refractivity contribution is 6.48. The lowest BCUT2D eigenvalue weighted by Gasteiger charge is -2.23. The number of hydrogen-bond acceptors (Lipinski definition) is 2. The van der Waals surface area contributed by atoms with E-state index in [2.05, 4.69) is 18.7 Å². The Bertz CT molecular complexity index is 486. The fourth-order valence-corrected chi connectivity index (χ4v) is 3.50. The SMILES string of the molecule is CCN(CC)Cc1c(Cl)c(Cl)c(Cl)c2c1C(O)CC2. The summed E-state index contributed by atoms with van der Waals surface area (Å²) in [6.07, 6.45) is 0.974. The van der Waals surface area contributed by atoms with Crippen LogP contribution in [0.3, 0.4) is 0 Å². The van der Waals surface area contributed by atoms with Crippen LogP contribution in [0.25, 0.3) is 0 Å². The highest BCUT2D eigenvalue weighted by Crippen LogP contribution is 2.46. The van der Waals surface area contributed by atoms with Crippen LogP contribution < -0.4 is 0 Å². The van der Waals surface area contributed by atoms with E-state index in [-0.39, 0.29) is 0 Å². The number of benzene rings is 1. The number of rotatable bonds is 4. The van der Waals surface area contributed by atoms with Crippen molar-refractivity contribution in [2.45, 2.75) is 39.3 Å². The van der Waals surface area contributed by atoms with Crippen LogP contribution in [0.1, 0.15) is 43.1 Å². The molecule has 1 aliphatic rings. The Kier molecular flexibility index (Phi) is 5.02. The molecule has 0 spiro atoms. The monoisotopic (exact) mass is 321 g/mol. The van der Waals surface area contributed by atoms with Crippen LogP contribution >= 0.6 is 34.8 Å². The number of aliphatic hydroxyl groups is 1. The van der Waals surface area contributed by atoms with Crippen molar-refractivity contribution in [3.8, 4) is 0 Å². The number of nitrogens with zero attached hydrogens (tertiary/aromatic N) is 1. The van der Waals surface area contributed by atoms with Crippen LogP contribution in [0.2, 0.25) is 15.1 Å². The zero-order valence-electron chi connectivity index (χ0n) is 11.1. The molecule has 1 N–H and O–H groups in total. The Hall–Kier alpha value is 0.01000. The molecule has 19 heavy (non-hydrogen) atoms. The molecule has 0 saturated heterocycles. The summed E-state index contributed by atoms with van der Waals surface area (Å²) in [5, 5.41) is 11.6. The molecule has 0 amide bonds. The Morgan fingerprint density at radius 2 is 1.74 bits per heavy atom. The van der Waals surface area contributed by atoms with Crippen molar-refractivity contribution in [3.63, 3.8) is 0 Å². The molecule has 0 heterocycles. The normalized spacial score (nSPS) is 18.2. The van der Waals surface area contributed by atoms with Gasteiger partial charge in [-0.15, -0.1) is 0 Å². The van der Waals surface area contributed by atoms with Gasteiger partial charge in [0.15, 0.2) is 0 Å². The molecule has 0 radical (unpaired) electrons. The molecular weight excluding hydrogens is 305 g/mol. The highest BCUT2D eigenvalue weighted by atomic mass is 35.5. The maximum Gasteiger partial charge on any atom is 0.0800 e. The van der Waals surface area contributed by atoms with E-state index in [0.717, 1.165) is 36.2 Å². The molecule has 1 aliphatic carbocycles. The van der Waals surface area contributed by atoms with Gasteiger partial charge in [0.1, 0.15) is 0 Å². The zero-order valence-corrected chi connectivity index (χ0v) is 13.4. The third-order valence-electron chi connectivity index (χ3n) is 3.84. The van der Waals surface area contributed by atoms with Gasteiger partial charge in [-0.05, 0) is 42.6 Å². The van der Waals surface area contributed by atoms with Crippen molar-refractivity contribution in [1.29, 1.82) is 0 Å². The first-order valence-corrected chi connectivity index (χ1v) is 7.73. The van der Waals surface area contributed by atoms with Crippen molar-refractivity contribution in [3.05, 3.63) is 31.8 Å². The van der Waals surface area contributed by atoms with Crippen molar-refractivity contribution in [2.24, 2.45) is 0 Å². The maximum absolute atomic E-state index is 10.2. The average Bonchev–Trinajstić information content (AvgIpc) is 2.79. The van der Waals surface area contributed by atoms with Gasteiger partial charge in [-0.2, -0.15) is 0 Å². The van der Waals surface area contributed by atoms with Gasteiger partial charge < -0.3 is 5.11 Å². The molecule has 0 saturated carbocycles. The molecule has 0 aliphatic heterocycles. The molecule has 2 nitrogen and oxygen atoms in total. The molecule has 1 aromatic rings. The molecule has 0 aromatic heterocycles. The van der Waals surface area contributed by atoms with E-state index in [1.54, 1.807) is 0 Å². The minimum atomic E-state index is -0.479. The predicted molar refractivity (Wildman–Crippen MR) is 81.4 cm³/mol. The van der Waals surface area contributed by atoms with Crippen molar-refractivity contribution in [2.75, 3.05) is 13.1 Å². The summed E-state index contributed by atoms with van der Waals surface area (Å²) in [5.41, 5.74) is 2.79. The van der Waals surface area contributed by atoms with Gasteiger partial charge in [0.2, 0.25) is 0 Å². The minimum Gasteiger partial charge on any atom is -0.388 e. The first-order valence-electron chi connectivity index (χ1n) is 6.59. The summed E-state index contributed by atoms with van der Waals surface area (Å²) in [6.45, 7) is 6.76. The summed E-state index contributed by atoms with van der Waals surface area (Å²) < 4.78 is 0. The van der Waals surface area contributed by atoms with Crippen molar-refractivity contribution >= 4 is 34.8 Å². The Labute approximate surface area is 129 Å². The lowest BCUT2D eigenvalue weighted by atomic mass is 10.0. The highest BCUT2D eigenvalue weighted by Gasteiger charge is 2.30. The van der Waals surface area contributed by atoms with Crippen LogP contribution in [0.4, 0.5) is 0 Å². The molecule has 2 rings (SSSR count). The average molecular weight is 323 g/mol. The van der Waals surface area contributed by atoms with Crippen LogP contribution in [-0.4, -0.2) is 23.1 Å². The Morgan fingerprint density at radius 3 is 2.32 bits per heavy atom. The first-order chi connectivity index (χ1) is 9.01. The zero-order chi connectivity index (χ0) is 14.2. The quantitative estimate of drug-likeness (QED) is 0.827. The number of hydrogen-bond donors (Lipinski definition) is 1. The summed E-state index contributed by atoms with van der Waals surface area (Å²) >= 11 is 18.8. The van der Waals surface area contributed by atoms with Gasteiger partial charge in [0.25, 0.3) is 0 Å². The largest absolute Gasteiger partial charge is 0.388 e. The summed E-state index contributed by atoms with van der Waals surface area (Å²) in [6, 6.07) is 0. The van der Waals surface area contributed by atoms with Gasteiger partial charge >= 0.3 is 0 Å². The van der Waals surface area contributed by atoms with E-state index in [4.69, 9.17) is 34.8 Å². The van der Waals surface area contributed by atoms with Gasteiger partial charge in [-0.3, -0.25) is 4.90 Å². The smallest absolute Gasteiger partial charge is 0.0800 e. The summed E-state index contributed by atoms with van der Waals surface area (Å²) in [4.78, 5) is 2.25. The van der Waals surface area contributed by atoms with Gasteiger partial charge in [0.05, 0.1) is 21.2 Å². The molecule has 5 heteroatoms. The van der Waals surface area contributed by atoms with E-state index in [1.807, 2.05) is 0 Å². The molecule has 0 bridgehead atoms. The van der Waals surface area contributed by atoms with Gasteiger partial charge in [-0.25, -0.2) is 0 Å². The number of aliphatic hydroxyl groups excluding tert-OH is 1. The second-order valence-corrected chi connectivity index (χ2v) is 5.96. The number of fused-ring (bicyclic) bond motifs is 1. The van der Waals surface area contributed by atoms with Gasteiger partial charge in [0, 0.05) is 6.54 Å². The lowest BCUT2D eigenvalue weighted by Crippen LogP contribution is -2.23. The van der Waals surface area contributed by atoms with Crippen LogP contribution in [-0.2, 0) is 13.0 Å². The molecule has 1 atom stereocenters. The Morgan fingerprint density at radius 1 is 1.11 bits per heavy atom. The summed E-state index contributed by atoms with van der Waals surface area (Å²) in [5.74, 6) is 0. The molecular formula is C14H18Cl3NO. The molecule has 1 unspecified atom stereocenters. The van der Waals surface area contributed by atoms with Crippen molar-refractivity contribution < 1.29 is 5.11 Å². The topological polar surface area (TPSA) is 23.5 Å². The Balaban J connectivity index is 2.53. The van der Waals surface area contributed by atoms with Crippen LogP contribution in [0, 0.1) is 0 Å². The minimum absolute atomic E-state index is 0.415. The third-order valence-corrected chi connectivity index (χ3v) is 5.25. The van der Waals surface area contributed by atoms with Gasteiger partial charge in [-0.1, -0.05) is 48.7 Å². The van der Waals surface area contributed by atoms with Crippen LogP contribution in [0.5, 0.6) is 0 Å². The molecule has 1 aromatic carbocycles. The fraction of sp³-hybridized carbons (Fsp3) is 0.571. The summed E-state index contributed by atoms with van der Waals surface area (Å²) in [7, 11) is 0. The van der Waals surface area contributed by atoms with E-state index in [9.17, 15) is 5.11 Å². The van der Waals surface area contributed by atoms with Crippen molar-refractivity contribution in [1.82, 2.24) is 4.90 Å². The van der Waals surface area contributed by atoms with E-state index in [1.165, 1.54) is 0 Å².